The van der Waals surface area contributed by atoms with E-state index in [-0.39, 0.29) is 0 Å². The van der Waals surface area contributed by atoms with Crippen LogP contribution in [0.15, 0.2) is 0 Å². The Hall–Kier alpha value is 0. The summed E-state index contributed by atoms with van der Waals surface area (Å²) in [7, 11) is 0. The van der Waals surface area contributed by atoms with Crippen molar-refractivity contribution in [3.63, 3.8) is 0 Å². The molecule has 0 aromatic carbocycles. The average Bonchev–Trinajstić information content (AvgIpc) is 2.13. The molecule has 0 aromatic heterocycles. The molecule has 0 bridgehead atoms. The fourth-order valence-corrected chi connectivity index (χ4v) is 3.14. The van der Waals surface area contributed by atoms with E-state index in [9.17, 15) is 0 Å². The topological polar surface area (TPSA) is 0 Å². The summed E-state index contributed by atoms with van der Waals surface area (Å²) in [6.45, 7) is 14.5. The van der Waals surface area contributed by atoms with E-state index in [2.05, 4.69) is 41.5 Å². The quantitative estimate of drug-likeness (QED) is 0.545. The molecule has 0 heteroatoms. The standard InChI is InChI=1S/C16H32/c1-7-13(2)9-8-10-16(5,6)14-11-15(3,4)12-14/h13-14H,7-12H2,1-6H3. The maximum absolute atomic E-state index is 2.49. The number of hydrogen-bond donors (Lipinski definition) is 0. The normalized spacial score (nSPS) is 22.9. The van der Waals surface area contributed by atoms with E-state index in [0.29, 0.717) is 10.8 Å². The number of rotatable bonds is 6. The second-order valence-electron chi connectivity index (χ2n) is 7.66. The second-order valence-corrected chi connectivity index (χ2v) is 7.66. The maximum Gasteiger partial charge on any atom is -0.0325 e. The smallest absolute Gasteiger partial charge is 0.0325 e. The Kier molecular flexibility index (Phi) is 4.49. The average molecular weight is 224 g/mol. The Labute approximate surface area is 103 Å². The van der Waals surface area contributed by atoms with Crippen molar-refractivity contribution >= 4 is 0 Å². The van der Waals surface area contributed by atoms with E-state index in [0.717, 1.165) is 11.8 Å². The van der Waals surface area contributed by atoms with Gasteiger partial charge in [0, 0.05) is 0 Å². The summed E-state index contributed by atoms with van der Waals surface area (Å²) in [5.74, 6) is 1.91. The molecule has 1 saturated carbocycles. The molecule has 1 aliphatic carbocycles. The van der Waals surface area contributed by atoms with Gasteiger partial charge in [0.1, 0.15) is 0 Å². The third-order valence-corrected chi connectivity index (χ3v) is 4.92. The Balaban J connectivity index is 2.25. The molecule has 0 aromatic rings. The van der Waals surface area contributed by atoms with Crippen molar-refractivity contribution in [2.24, 2.45) is 22.7 Å². The predicted molar refractivity (Wildman–Crippen MR) is 73.6 cm³/mol. The fourth-order valence-electron chi connectivity index (χ4n) is 3.14. The lowest BCUT2D eigenvalue weighted by Gasteiger charge is -2.51. The van der Waals surface area contributed by atoms with Gasteiger partial charge in [-0.15, -0.1) is 0 Å². The van der Waals surface area contributed by atoms with Crippen LogP contribution in [-0.2, 0) is 0 Å². The van der Waals surface area contributed by atoms with Gasteiger partial charge in [-0.05, 0) is 41.9 Å². The molecule has 0 N–H and O–H groups in total. The van der Waals surface area contributed by atoms with E-state index in [1.54, 1.807) is 0 Å². The molecule has 16 heavy (non-hydrogen) atoms. The van der Waals surface area contributed by atoms with Crippen molar-refractivity contribution in [3.8, 4) is 0 Å². The highest BCUT2D eigenvalue weighted by Gasteiger charge is 2.43. The van der Waals surface area contributed by atoms with Crippen LogP contribution in [0.1, 0.15) is 80.1 Å². The first-order valence-electron chi connectivity index (χ1n) is 7.27. The van der Waals surface area contributed by atoms with E-state index < -0.39 is 0 Å². The molecule has 0 spiro atoms. The van der Waals surface area contributed by atoms with E-state index in [4.69, 9.17) is 0 Å². The molecular weight excluding hydrogens is 192 g/mol. The van der Waals surface area contributed by atoms with Crippen molar-refractivity contribution in [2.75, 3.05) is 0 Å². The first kappa shape index (κ1) is 14.1. The molecule has 1 aliphatic rings. The van der Waals surface area contributed by atoms with Gasteiger partial charge in [-0.1, -0.05) is 60.8 Å². The summed E-state index contributed by atoms with van der Waals surface area (Å²) in [6, 6.07) is 0. The lowest BCUT2D eigenvalue weighted by atomic mass is 9.55. The molecule has 1 rings (SSSR count). The van der Waals surface area contributed by atoms with Gasteiger partial charge in [0.25, 0.3) is 0 Å². The van der Waals surface area contributed by atoms with Crippen molar-refractivity contribution in [2.45, 2.75) is 80.1 Å². The second kappa shape index (κ2) is 5.10. The fraction of sp³-hybridized carbons (Fsp3) is 1.00. The molecule has 1 fully saturated rings. The van der Waals surface area contributed by atoms with Gasteiger partial charge in [-0.25, -0.2) is 0 Å². The third-order valence-electron chi connectivity index (χ3n) is 4.92. The van der Waals surface area contributed by atoms with Crippen LogP contribution >= 0.6 is 0 Å². The Morgan fingerprint density at radius 1 is 1.25 bits per heavy atom. The third kappa shape index (κ3) is 3.79. The Morgan fingerprint density at radius 2 is 1.81 bits per heavy atom. The minimum Gasteiger partial charge on any atom is -0.0651 e. The monoisotopic (exact) mass is 224 g/mol. The van der Waals surface area contributed by atoms with Crippen molar-refractivity contribution in [1.82, 2.24) is 0 Å². The van der Waals surface area contributed by atoms with Gasteiger partial charge in [-0.2, -0.15) is 0 Å². The SMILES string of the molecule is CCC(C)CCCC(C)(C)C1CC(C)(C)C1. The zero-order valence-electron chi connectivity index (χ0n) is 12.4. The Bertz CT molecular complexity index is 204. The first-order chi connectivity index (χ1) is 7.27. The van der Waals surface area contributed by atoms with Crippen LogP contribution in [0.25, 0.3) is 0 Å². The van der Waals surface area contributed by atoms with Crippen LogP contribution in [0.2, 0.25) is 0 Å². The van der Waals surface area contributed by atoms with Crippen LogP contribution < -0.4 is 0 Å². The summed E-state index contributed by atoms with van der Waals surface area (Å²) in [6.07, 6.45) is 8.52. The highest BCUT2D eigenvalue weighted by Crippen LogP contribution is 2.54. The van der Waals surface area contributed by atoms with Gasteiger partial charge >= 0.3 is 0 Å². The molecule has 0 saturated heterocycles. The predicted octanol–water partition coefficient (Wildman–Crippen LogP) is 5.67. The van der Waals surface area contributed by atoms with Crippen LogP contribution in [-0.4, -0.2) is 0 Å². The molecule has 0 heterocycles. The van der Waals surface area contributed by atoms with Gasteiger partial charge in [0.2, 0.25) is 0 Å². The molecule has 0 nitrogen and oxygen atoms in total. The molecule has 1 atom stereocenters. The largest absolute Gasteiger partial charge is 0.0651 e. The first-order valence-corrected chi connectivity index (χ1v) is 7.27. The lowest BCUT2D eigenvalue weighted by Crippen LogP contribution is -2.40. The minimum absolute atomic E-state index is 0.586. The summed E-state index contributed by atoms with van der Waals surface area (Å²) in [5, 5.41) is 0. The van der Waals surface area contributed by atoms with Crippen LogP contribution in [0.5, 0.6) is 0 Å². The molecule has 0 amide bonds. The van der Waals surface area contributed by atoms with Crippen LogP contribution in [0.3, 0.4) is 0 Å². The highest BCUT2D eigenvalue weighted by atomic mass is 14.5. The molecule has 0 radical (unpaired) electrons. The van der Waals surface area contributed by atoms with Crippen molar-refractivity contribution < 1.29 is 0 Å². The van der Waals surface area contributed by atoms with Crippen LogP contribution in [0.4, 0.5) is 0 Å². The maximum atomic E-state index is 2.49. The summed E-state index contributed by atoms with van der Waals surface area (Å²) in [4.78, 5) is 0. The number of hydrogen-bond acceptors (Lipinski definition) is 0. The molecular formula is C16H32. The van der Waals surface area contributed by atoms with E-state index in [1.165, 1.54) is 38.5 Å². The van der Waals surface area contributed by atoms with Crippen molar-refractivity contribution in [3.05, 3.63) is 0 Å². The zero-order chi connectivity index (χ0) is 12.4. The van der Waals surface area contributed by atoms with Gasteiger partial charge in [0.05, 0.1) is 0 Å². The van der Waals surface area contributed by atoms with E-state index in [1.807, 2.05) is 0 Å². The molecule has 1 unspecified atom stereocenters. The Morgan fingerprint density at radius 3 is 2.25 bits per heavy atom. The van der Waals surface area contributed by atoms with Gasteiger partial charge in [-0.3, -0.25) is 0 Å². The van der Waals surface area contributed by atoms with Gasteiger partial charge < -0.3 is 0 Å². The van der Waals surface area contributed by atoms with Crippen molar-refractivity contribution in [1.29, 1.82) is 0 Å². The van der Waals surface area contributed by atoms with E-state index >= 15 is 0 Å². The summed E-state index contributed by atoms with van der Waals surface area (Å²) >= 11 is 0. The molecule has 96 valence electrons. The zero-order valence-corrected chi connectivity index (χ0v) is 12.4. The van der Waals surface area contributed by atoms with Crippen LogP contribution in [0, 0.1) is 22.7 Å². The molecule has 0 aliphatic heterocycles. The summed E-state index contributed by atoms with van der Waals surface area (Å²) in [5.41, 5.74) is 1.22. The highest BCUT2D eigenvalue weighted by molar-refractivity contribution is 4.94. The summed E-state index contributed by atoms with van der Waals surface area (Å²) < 4.78 is 0. The minimum atomic E-state index is 0.586. The van der Waals surface area contributed by atoms with Gasteiger partial charge in [0.15, 0.2) is 0 Å². The lowest BCUT2D eigenvalue weighted by molar-refractivity contribution is -0.00144.